The molecule has 4 nitrogen and oxygen atoms in total. The maximum atomic E-state index is 11.0. The van der Waals surface area contributed by atoms with Crippen LogP contribution in [0.25, 0.3) is 0 Å². The Bertz CT molecular complexity index is 447. The summed E-state index contributed by atoms with van der Waals surface area (Å²) in [5, 5.41) is 9.07. The Morgan fingerprint density at radius 3 is 3.00 bits per heavy atom. The van der Waals surface area contributed by atoms with E-state index in [-0.39, 0.29) is 5.56 Å². The van der Waals surface area contributed by atoms with Gasteiger partial charge in [0.15, 0.2) is 0 Å². The topological polar surface area (TPSA) is 49.8 Å². The van der Waals surface area contributed by atoms with Gasteiger partial charge in [-0.1, -0.05) is 19.1 Å². The summed E-state index contributed by atoms with van der Waals surface area (Å²) in [5.74, 6) is 0.315. The number of benzene rings is 1. The van der Waals surface area contributed by atoms with Gasteiger partial charge < -0.3 is 14.7 Å². The Morgan fingerprint density at radius 1 is 1.45 bits per heavy atom. The lowest BCUT2D eigenvalue weighted by molar-refractivity contribution is 0.0692. The van der Waals surface area contributed by atoms with E-state index in [0.29, 0.717) is 12.4 Å². The van der Waals surface area contributed by atoms with Gasteiger partial charge in [0.25, 0.3) is 0 Å². The molecule has 4 heteroatoms. The molecule has 1 saturated heterocycles. The molecule has 110 valence electrons. The average molecular weight is 277 g/mol. The SMILES string of the molecule is C[C@H]1CCCN(CCCOc2ccccc2C(=O)O)C1. The number of ether oxygens (including phenoxy) is 1. The fraction of sp³-hybridized carbons (Fsp3) is 0.562. The zero-order valence-corrected chi connectivity index (χ0v) is 12.0. The first-order chi connectivity index (χ1) is 9.66. The second kappa shape index (κ2) is 7.29. The third kappa shape index (κ3) is 4.23. The maximum absolute atomic E-state index is 11.0. The number of carboxylic acids is 1. The Labute approximate surface area is 120 Å². The molecule has 1 N–H and O–H groups in total. The molecule has 0 saturated carbocycles. The summed E-state index contributed by atoms with van der Waals surface area (Å²) >= 11 is 0. The smallest absolute Gasteiger partial charge is 0.339 e. The van der Waals surface area contributed by atoms with Crippen LogP contribution in [0.1, 0.15) is 36.5 Å². The van der Waals surface area contributed by atoms with E-state index < -0.39 is 5.97 Å². The van der Waals surface area contributed by atoms with Crippen molar-refractivity contribution in [2.24, 2.45) is 5.92 Å². The number of para-hydroxylation sites is 1. The van der Waals surface area contributed by atoms with Crippen molar-refractivity contribution in [3.05, 3.63) is 29.8 Å². The van der Waals surface area contributed by atoms with Crippen molar-refractivity contribution in [3.63, 3.8) is 0 Å². The van der Waals surface area contributed by atoms with E-state index >= 15 is 0 Å². The molecule has 1 atom stereocenters. The van der Waals surface area contributed by atoms with E-state index in [2.05, 4.69) is 11.8 Å². The molecular weight excluding hydrogens is 254 g/mol. The Balaban J connectivity index is 1.74. The van der Waals surface area contributed by atoms with Crippen LogP contribution in [-0.4, -0.2) is 42.2 Å². The van der Waals surface area contributed by atoms with Crippen LogP contribution in [0.2, 0.25) is 0 Å². The average Bonchev–Trinajstić information content (AvgIpc) is 2.44. The van der Waals surface area contributed by atoms with E-state index in [9.17, 15) is 4.79 Å². The first kappa shape index (κ1) is 14.9. The lowest BCUT2D eigenvalue weighted by atomic mass is 10.0. The van der Waals surface area contributed by atoms with Gasteiger partial charge in [0.1, 0.15) is 11.3 Å². The summed E-state index contributed by atoms with van der Waals surface area (Å²) < 4.78 is 5.61. The number of aromatic carboxylic acids is 1. The lowest BCUT2D eigenvalue weighted by Crippen LogP contribution is -2.35. The normalized spacial score (nSPS) is 19.8. The highest BCUT2D eigenvalue weighted by molar-refractivity contribution is 5.90. The molecule has 1 heterocycles. The molecule has 0 amide bonds. The van der Waals surface area contributed by atoms with Crippen molar-refractivity contribution in [2.75, 3.05) is 26.2 Å². The Kier molecular flexibility index (Phi) is 5.41. The van der Waals surface area contributed by atoms with Gasteiger partial charge in [-0.15, -0.1) is 0 Å². The lowest BCUT2D eigenvalue weighted by Gasteiger charge is -2.30. The van der Waals surface area contributed by atoms with Gasteiger partial charge in [-0.05, 0) is 43.9 Å². The van der Waals surface area contributed by atoms with Crippen LogP contribution in [0.5, 0.6) is 5.75 Å². The number of nitrogens with zero attached hydrogens (tertiary/aromatic N) is 1. The zero-order valence-electron chi connectivity index (χ0n) is 12.0. The second-order valence-electron chi connectivity index (χ2n) is 5.55. The highest BCUT2D eigenvalue weighted by Crippen LogP contribution is 2.18. The van der Waals surface area contributed by atoms with Crippen LogP contribution in [0.3, 0.4) is 0 Å². The number of hydrogen-bond acceptors (Lipinski definition) is 3. The van der Waals surface area contributed by atoms with Gasteiger partial charge in [-0.2, -0.15) is 0 Å². The fourth-order valence-electron chi connectivity index (χ4n) is 2.73. The second-order valence-corrected chi connectivity index (χ2v) is 5.55. The molecule has 0 bridgehead atoms. The molecule has 1 aliphatic rings. The van der Waals surface area contributed by atoms with Gasteiger partial charge in [0.05, 0.1) is 6.61 Å². The van der Waals surface area contributed by atoms with Crippen molar-refractivity contribution in [3.8, 4) is 5.75 Å². The number of piperidine rings is 1. The Morgan fingerprint density at radius 2 is 2.25 bits per heavy atom. The minimum absolute atomic E-state index is 0.235. The van der Waals surface area contributed by atoms with Crippen LogP contribution >= 0.6 is 0 Å². The number of carboxylic acid groups (broad SMARTS) is 1. The van der Waals surface area contributed by atoms with Crippen LogP contribution in [0, 0.1) is 5.92 Å². The van der Waals surface area contributed by atoms with E-state index in [4.69, 9.17) is 9.84 Å². The molecular formula is C16H23NO3. The van der Waals surface area contributed by atoms with E-state index in [1.54, 1.807) is 24.3 Å². The van der Waals surface area contributed by atoms with Crippen molar-refractivity contribution >= 4 is 5.97 Å². The molecule has 0 radical (unpaired) electrons. The molecule has 20 heavy (non-hydrogen) atoms. The maximum Gasteiger partial charge on any atom is 0.339 e. The first-order valence-corrected chi connectivity index (χ1v) is 7.34. The van der Waals surface area contributed by atoms with Crippen LogP contribution in [-0.2, 0) is 0 Å². The van der Waals surface area contributed by atoms with Crippen molar-refractivity contribution in [1.82, 2.24) is 4.90 Å². The number of rotatable bonds is 6. The molecule has 1 aromatic rings. The summed E-state index contributed by atoms with van der Waals surface area (Å²) in [6, 6.07) is 6.80. The number of likely N-dealkylation sites (tertiary alicyclic amines) is 1. The number of hydrogen-bond donors (Lipinski definition) is 1. The number of carbonyl (C=O) groups is 1. The fourth-order valence-corrected chi connectivity index (χ4v) is 2.73. The van der Waals surface area contributed by atoms with Gasteiger partial charge in [-0.25, -0.2) is 4.79 Å². The largest absolute Gasteiger partial charge is 0.493 e. The minimum atomic E-state index is -0.939. The summed E-state index contributed by atoms with van der Waals surface area (Å²) in [6.07, 6.45) is 3.55. The van der Waals surface area contributed by atoms with Crippen LogP contribution < -0.4 is 4.74 Å². The highest BCUT2D eigenvalue weighted by atomic mass is 16.5. The molecule has 0 aromatic heterocycles. The summed E-state index contributed by atoms with van der Waals surface area (Å²) in [5.41, 5.74) is 0.235. The summed E-state index contributed by atoms with van der Waals surface area (Å²) in [7, 11) is 0. The van der Waals surface area contributed by atoms with Crippen molar-refractivity contribution < 1.29 is 14.6 Å². The molecule has 0 aliphatic carbocycles. The first-order valence-electron chi connectivity index (χ1n) is 7.34. The predicted octanol–water partition coefficient (Wildman–Crippen LogP) is 2.89. The molecule has 1 aromatic carbocycles. The van der Waals surface area contributed by atoms with Gasteiger partial charge in [0, 0.05) is 13.1 Å². The van der Waals surface area contributed by atoms with Crippen molar-refractivity contribution in [2.45, 2.75) is 26.2 Å². The molecule has 2 rings (SSSR count). The van der Waals surface area contributed by atoms with Gasteiger partial charge in [0.2, 0.25) is 0 Å². The van der Waals surface area contributed by atoms with E-state index in [0.717, 1.165) is 18.9 Å². The predicted molar refractivity (Wildman–Crippen MR) is 78.4 cm³/mol. The van der Waals surface area contributed by atoms with E-state index in [1.807, 2.05) is 0 Å². The Hall–Kier alpha value is -1.55. The molecule has 1 fully saturated rings. The third-order valence-electron chi connectivity index (χ3n) is 3.73. The van der Waals surface area contributed by atoms with Crippen molar-refractivity contribution in [1.29, 1.82) is 0 Å². The minimum Gasteiger partial charge on any atom is -0.493 e. The van der Waals surface area contributed by atoms with Gasteiger partial charge >= 0.3 is 5.97 Å². The van der Waals surface area contributed by atoms with Gasteiger partial charge in [-0.3, -0.25) is 0 Å². The molecule has 1 aliphatic heterocycles. The monoisotopic (exact) mass is 277 g/mol. The van der Waals surface area contributed by atoms with Crippen LogP contribution in [0.15, 0.2) is 24.3 Å². The zero-order chi connectivity index (χ0) is 14.4. The van der Waals surface area contributed by atoms with Crippen LogP contribution in [0.4, 0.5) is 0 Å². The standard InChI is InChI=1S/C16H23NO3/c1-13-6-4-9-17(12-13)10-5-11-20-15-8-3-2-7-14(15)16(18)19/h2-3,7-8,13H,4-6,9-12H2,1H3,(H,18,19)/t13-/m0/s1. The molecule has 0 spiro atoms. The quantitative estimate of drug-likeness (QED) is 0.812. The third-order valence-corrected chi connectivity index (χ3v) is 3.73. The summed E-state index contributed by atoms with van der Waals surface area (Å²) in [6.45, 7) is 6.24. The molecule has 0 unspecified atom stereocenters. The van der Waals surface area contributed by atoms with E-state index in [1.165, 1.54) is 25.9 Å². The highest BCUT2D eigenvalue weighted by Gasteiger charge is 2.15. The summed E-state index contributed by atoms with van der Waals surface area (Å²) in [4.78, 5) is 13.5.